The standard InChI is InChI=1S/C24H24F3N5O2/c1-16(2)21-15-30(19-7-8-22(28-13-19)32-10-4-9-29-32)23(34)31(21)14-20(33)12-17-5-3-6-18(11-17)24(25,26)27/h3-11,13,16,21H,12,14-15H2,1-2H3/t21-/m1/s1. The average Bonchev–Trinajstić information content (AvgIpc) is 3.43. The lowest BCUT2D eigenvalue weighted by molar-refractivity contribution is -0.137. The quantitative estimate of drug-likeness (QED) is 0.513. The van der Waals surface area contributed by atoms with Gasteiger partial charge in [0.05, 0.1) is 30.0 Å². The monoisotopic (exact) mass is 471 g/mol. The van der Waals surface area contributed by atoms with Crippen LogP contribution in [0.15, 0.2) is 61.1 Å². The summed E-state index contributed by atoms with van der Waals surface area (Å²) in [5.74, 6) is 0.355. The maximum absolute atomic E-state index is 13.2. The van der Waals surface area contributed by atoms with Gasteiger partial charge in [-0.05, 0) is 35.7 Å². The van der Waals surface area contributed by atoms with E-state index in [1.165, 1.54) is 17.0 Å². The number of hydrogen-bond donors (Lipinski definition) is 0. The Hall–Kier alpha value is -3.69. The van der Waals surface area contributed by atoms with Gasteiger partial charge in [0.25, 0.3) is 0 Å². The summed E-state index contributed by atoms with van der Waals surface area (Å²) in [5.41, 5.74) is 0.0644. The Labute approximate surface area is 194 Å². The van der Waals surface area contributed by atoms with Crippen LogP contribution < -0.4 is 4.90 Å². The van der Waals surface area contributed by atoms with Crippen molar-refractivity contribution in [3.05, 3.63) is 72.2 Å². The molecular formula is C24H24F3N5O2. The van der Waals surface area contributed by atoms with E-state index in [-0.39, 0.29) is 42.3 Å². The number of halogens is 3. The van der Waals surface area contributed by atoms with E-state index in [4.69, 9.17) is 0 Å². The number of aromatic nitrogens is 3. The molecule has 34 heavy (non-hydrogen) atoms. The number of benzene rings is 1. The van der Waals surface area contributed by atoms with Crippen molar-refractivity contribution in [2.24, 2.45) is 5.92 Å². The van der Waals surface area contributed by atoms with Crippen LogP contribution in [0.5, 0.6) is 0 Å². The van der Waals surface area contributed by atoms with E-state index in [2.05, 4.69) is 10.1 Å². The van der Waals surface area contributed by atoms with E-state index in [9.17, 15) is 22.8 Å². The van der Waals surface area contributed by atoms with Gasteiger partial charge in [-0.2, -0.15) is 18.3 Å². The summed E-state index contributed by atoms with van der Waals surface area (Å²) in [5, 5.41) is 4.13. The topological polar surface area (TPSA) is 71.3 Å². The zero-order valence-electron chi connectivity index (χ0n) is 18.7. The van der Waals surface area contributed by atoms with Gasteiger partial charge < -0.3 is 4.90 Å². The number of carbonyl (C=O) groups excluding carboxylic acids is 2. The van der Waals surface area contributed by atoms with Gasteiger partial charge in [-0.3, -0.25) is 9.69 Å². The molecular weight excluding hydrogens is 447 g/mol. The van der Waals surface area contributed by atoms with Crippen LogP contribution in [0.25, 0.3) is 5.82 Å². The van der Waals surface area contributed by atoms with Gasteiger partial charge in [0.2, 0.25) is 0 Å². The second-order valence-electron chi connectivity index (χ2n) is 8.57. The zero-order chi connectivity index (χ0) is 24.5. The molecule has 2 amide bonds. The van der Waals surface area contributed by atoms with E-state index in [1.807, 2.05) is 13.8 Å². The van der Waals surface area contributed by atoms with Crippen molar-refractivity contribution in [3.8, 4) is 5.82 Å². The van der Waals surface area contributed by atoms with E-state index >= 15 is 0 Å². The summed E-state index contributed by atoms with van der Waals surface area (Å²) in [6.45, 7) is 4.14. The van der Waals surface area contributed by atoms with Crippen molar-refractivity contribution in [1.82, 2.24) is 19.7 Å². The molecule has 0 spiro atoms. The molecule has 3 aromatic rings. The first-order valence-corrected chi connectivity index (χ1v) is 10.9. The number of Topliss-reactive ketones (excluding diaryl/α,β-unsaturated/α-hetero) is 1. The molecule has 4 rings (SSSR count). The van der Waals surface area contributed by atoms with Crippen molar-refractivity contribution in [2.45, 2.75) is 32.5 Å². The highest BCUT2D eigenvalue weighted by Crippen LogP contribution is 2.30. The zero-order valence-corrected chi connectivity index (χ0v) is 18.7. The van der Waals surface area contributed by atoms with Crippen LogP contribution in [0.2, 0.25) is 0 Å². The number of rotatable bonds is 7. The molecule has 7 nitrogen and oxygen atoms in total. The average molecular weight is 471 g/mol. The van der Waals surface area contributed by atoms with Crippen LogP contribution in [-0.4, -0.2) is 50.6 Å². The normalized spacial score (nSPS) is 16.5. The summed E-state index contributed by atoms with van der Waals surface area (Å²) in [6.07, 6.45) is 0.323. The number of nitrogens with zero attached hydrogens (tertiary/aromatic N) is 5. The minimum atomic E-state index is -4.48. The SMILES string of the molecule is CC(C)[C@H]1CN(c2ccc(-n3cccn3)nc2)C(=O)N1CC(=O)Cc1cccc(C(F)(F)F)c1. The molecule has 0 bridgehead atoms. The molecule has 1 atom stereocenters. The molecule has 1 aliphatic rings. The van der Waals surface area contributed by atoms with Gasteiger partial charge in [0.1, 0.15) is 0 Å². The first-order valence-electron chi connectivity index (χ1n) is 10.9. The smallest absolute Gasteiger partial charge is 0.312 e. The lowest BCUT2D eigenvalue weighted by atomic mass is 10.0. The van der Waals surface area contributed by atoms with Gasteiger partial charge >= 0.3 is 12.2 Å². The predicted molar refractivity (Wildman–Crippen MR) is 120 cm³/mol. The second-order valence-corrected chi connectivity index (χ2v) is 8.57. The Bertz CT molecular complexity index is 1160. The summed E-state index contributed by atoms with van der Waals surface area (Å²) < 4.78 is 40.5. The van der Waals surface area contributed by atoms with Crippen molar-refractivity contribution >= 4 is 17.5 Å². The fraction of sp³-hybridized carbons (Fsp3) is 0.333. The maximum atomic E-state index is 13.2. The van der Waals surface area contributed by atoms with Crippen LogP contribution in [-0.2, 0) is 17.4 Å². The Balaban J connectivity index is 1.48. The molecule has 1 fully saturated rings. The highest BCUT2D eigenvalue weighted by atomic mass is 19.4. The molecule has 2 aromatic heterocycles. The number of hydrogen-bond acceptors (Lipinski definition) is 4. The Morgan fingerprint density at radius 3 is 2.59 bits per heavy atom. The minimum Gasteiger partial charge on any atom is -0.312 e. The second kappa shape index (κ2) is 9.28. The third kappa shape index (κ3) is 4.95. The Morgan fingerprint density at radius 1 is 1.18 bits per heavy atom. The molecule has 0 N–H and O–H groups in total. The minimum absolute atomic E-state index is 0.0756. The van der Waals surface area contributed by atoms with Crippen molar-refractivity contribution < 1.29 is 22.8 Å². The Morgan fingerprint density at radius 2 is 1.97 bits per heavy atom. The summed E-state index contributed by atoms with van der Waals surface area (Å²) in [4.78, 5) is 33.4. The van der Waals surface area contributed by atoms with Crippen LogP contribution in [0.4, 0.5) is 23.7 Å². The largest absolute Gasteiger partial charge is 0.416 e. The molecule has 0 aliphatic carbocycles. The van der Waals surface area contributed by atoms with E-state index in [0.717, 1.165) is 12.1 Å². The molecule has 3 heterocycles. The number of urea groups is 1. The summed E-state index contributed by atoms with van der Waals surface area (Å²) >= 11 is 0. The number of ketones is 1. The molecule has 1 aromatic carbocycles. The number of anilines is 1. The maximum Gasteiger partial charge on any atom is 0.416 e. The number of pyridine rings is 1. The van der Waals surface area contributed by atoms with Crippen molar-refractivity contribution in [2.75, 3.05) is 18.0 Å². The molecule has 10 heteroatoms. The van der Waals surface area contributed by atoms with Gasteiger partial charge in [0, 0.05) is 25.4 Å². The lowest BCUT2D eigenvalue weighted by Crippen LogP contribution is -2.41. The molecule has 178 valence electrons. The number of amides is 2. The van der Waals surface area contributed by atoms with Gasteiger partial charge in [-0.25, -0.2) is 14.5 Å². The van der Waals surface area contributed by atoms with Gasteiger partial charge in [-0.15, -0.1) is 0 Å². The predicted octanol–water partition coefficient (Wildman–Crippen LogP) is 4.36. The summed E-state index contributed by atoms with van der Waals surface area (Å²) in [6, 6.07) is 9.46. The van der Waals surface area contributed by atoms with Crippen molar-refractivity contribution in [1.29, 1.82) is 0 Å². The molecule has 0 radical (unpaired) electrons. The van der Waals surface area contributed by atoms with E-state index in [0.29, 0.717) is 18.1 Å². The van der Waals surface area contributed by atoms with Crippen LogP contribution in [0.3, 0.4) is 0 Å². The van der Waals surface area contributed by atoms with E-state index in [1.54, 1.807) is 46.4 Å². The van der Waals surface area contributed by atoms with Gasteiger partial charge in [0.15, 0.2) is 11.6 Å². The fourth-order valence-corrected chi connectivity index (χ4v) is 4.04. The third-order valence-electron chi connectivity index (χ3n) is 5.80. The van der Waals surface area contributed by atoms with Crippen LogP contribution in [0, 0.1) is 5.92 Å². The first kappa shape index (κ1) is 23.5. The Kier molecular flexibility index (Phi) is 6.41. The number of alkyl halides is 3. The molecule has 1 saturated heterocycles. The van der Waals surface area contributed by atoms with E-state index < -0.39 is 11.7 Å². The first-order chi connectivity index (χ1) is 16.1. The third-order valence-corrected chi connectivity index (χ3v) is 5.80. The highest BCUT2D eigenvalue weighted by Gasteiger charge is 2.40. The van der Waals surface area contributed by atoms with Crippen LogP contribution in [0.1, 0.15) is 25.0 Å². The number of carbonyl (C=O) groups is 2. The van der Waals surface area contributed by atoms with Crippen LogP contribution >= 0.6 is 0 Å². The lowest BCUT2D eigenvalue weighted by Gasteiger charge is -2.25. The fourth-order valence-electron chi connectivity index (χ4n) is 4.04. The molecule has 0 unspecified atom stereocenters. The molecule has 0 saturated carbocycles. The summed E-state index contributed by atoms with van der Waals surface area (Å²) in [7, 11) is 0. The van der Waals surface area contributed by atoms with Crippen molar-refractivity contribution in [3.63, 3.8) is 0 Å². The van der Waals surface area contributed by atoms with Gasteiger partial charge in [-0.1, -0.05) is 32.0 Å². The highest BCUT2D eigenvalue weighted by molar-refractivity contribution is 5.97. The molecule has 1 aliphatic heterocycles.